The maximum absolute atomic E-state index is 10.2. The number of benzene rings is 2. The Kier molecular flexibility index (Phi) is 9.32. The van der Waals surface area contributed by atoms with Gasteiger partial charge >= 0.3 is 0 Å². The Labute approximate surface area is 172 Å². The summed E-state index contributed by atoms with van der Waals surface area (Å²) in [5, 5.41) is 18.8. The number of rotatable bonds is 5. The van der Waals surface area contributed by atoms with Crippen molar-refractivity contribution < 1.29 is 5.11 Å². The van der Waals surface area contributed by atoms with Gasteiger partial charge in [-0.3, -0.25) is 10.3 Å². The first-order valence-corrected chi connectivity index (χ1v) is 10.6. The van der Waals surface area contributed by atoms with Crippen LogP contribution in [-0.2, 0) is 6.54 Å². The fourth-order valence-corrected chi connectivity index (χ4v) is 2.99. The highest BCUT2D eigenvalue weighted by atomic mass is 32.2. The van der Waals surface area contributed by atoms with Crippen molar-refractivity contribution in [2.45, 2.75) is 45.1 Å². The third-order valence-electron chi connectivity index (χ3n) is 3.98. The Morgan fingerprint density at radius 3 is 2.26 bits per heavy atom. The topological polar surface area (TPSA) is 73.3 Å². The molecule has 0 aliphatic carbocycles. The summed E-state index contributed by atoms with van der Waals surface area (Å²) in [4.78, 5) is 2.70. The van der Waals surface area contributed by atoms with Crippen LogP contribution in [0.15, 0.2) is 47.4 Å². The minimum Gasteiger partial charge on any atom is -0.507 e. The molecule has 0 fully saturated rings. The zero-order chi connectivity index (χ0) is 20.6. The van der Waals surface area contributed by atoms with Gasteiger partial charge in [0, 0.05) is 4.90 Å². The second-order valence-electron chi connectivity index (χ2n) is 6.05. The minimum atomic E-state index is 0.0494. The summed E-state index contributed by atoms with van der Waals surface area (Å²) in [5.74, 6) is 0.444. The van der Waals surface area contributed by atoms with Crippen LogP contribution in [-0.4, -0.2) is 27.2 Å². The Balaban J connectivity index is 0.00000176. The summed E-state index contributed by atoms with van der Waals surface area (Å²) in [5.41, 5.74) is 8.33. The van der Waals surface area contributed by atoms with Gasteiger partial charge in [0.1, 0.15) is 11.6 Å². The molecule has 0 saturated heterocycles. The fourth-order valence-electron chi connectivity index (χ4n) is 2.43. The van der Waals surface area contributed by atoms with E-state index in [4.69, 9.17) is 23.4 Å². The molecule has 0 saturated carbocycles. The van der Waals surface area contributed by atoms with E-state index in [1.54, 1.807) is 17.8 Å². The molecule has 0 bridgehead atoms. The smallest absolute Gasteiger partial charge is 0.172 e. The van der Waals surface area contributed by atoms with Crippen LogP contribution in [0.1, 0.15) is 50.3 Å². The molecule has 2 aromatic rings. The number of hydrogen-bond donors (Lipinski definition) is 3. The van der Waals surface area contributed by atoms with Crippen molar-refractivity contribution in [1.29, 1.82) is 5.41 Å². The molecule has 0 amide bonds. The van der Waals surface area contributed by atoms with Gasteiger partial charge < -0.3 is 10.8 Å². The summed E-state index contributed by atoms with van der Waals surface area (Å²) >= 11 is 6.82. The van der Waals surface area contributed by atoms with E-state index in [0.717, 1.165) is 11.1 Å². The highest BCUT2D eigenvalue weighted by molar-refractivity contribution is 7.98. The van der Waals surface area contributed by atoms with E-state index in [2.05, 4.69) is 13.8 Å². The van der Waals surface area contributed by atoms with Crippen LogP contribution < -0.4 is 5.73 Å². The number of hydrogen-bond acceptors (Lipinski definition) is 4. The van der Waals surface area contributed by atoms with Crippen molar-refractivity contribution in [2.24, 2.45) is 5.73 Å². The predicted octanol–water partition coefficient (Wildman–Crippen LogP) is 5.33. The number of aromatic hydroxyl groups is 1. The molecule has 0 aromatic heterocycles. The second-order valence-corrected chi connectivity index (χ2v) is 7.35. The van der Waals surface area contributed by atoms with Crippen molar-refractivity contribution in [3.8, 4) is 5.75 Å². The number of nitrogens with zero attached hydrogens (tertiary/aromatic N) is 1. The van der Waals surface area contributed by atoms with Crippen LogP contribution in [0.2, 0.25) is 0 Å². The molecule has 6 heteroatoms. The number of nitrogens with one attached hydrogen (secondary N) is 1. The number of thiocarbonyl (C=S) groups is 1. The van der Waals surface area contributed by atoms with Gasteiger partial charge in [0.25, 0.3) is 0 Å². The number of amidine groups is 1. The van der Waals surface area contributed by atoms with E-state index in [1.165, 1.54) is 9.80 Å². The van der Waals surface area contributed by atoms with E-state index in [0.29, 0.717) is 18.0 Å². The zero-order valence-corrected chi connectivity index (χ0v) is 18.2. The normalized spacial score (nSPS) is 10.1. The van der Waals surface area contributed by atoms with Crippen LogP contribution in [0.3, 0.4) is 0 Å². The number of phenols is 1. The van der Waals surface area contributed by atoms with Crippen molar-refractivity contribution in [3.63, 3.8) is 0 Å². The lowest BCUT2D eigenvalue weighted by molar-refractivity contribution is 0.471. The largest absolute Gasteiger partial charge is 0.507 e. The molecule has 0 aliphatic rings. The van der Waals surface area contributed by atoms with Crippen molar-refractivity contribution in [2.75, 3.05) is 6.26 Å². The predicted molar refractivity (Wildman–Crippen MR) is 121 cm³/mol. The molecular weight excluding hydrogens is 374 g/mol. The van der Waals surface area contributed by atoms with Crippen LogP contribution >= 0.6 is 24.0 Å². The quantitative estimate of drug-likeness (QED) is 0.272. The van der Waals surface area contributed by atoms with E-state index in [9.17, 15) is 5.11 Å². The minimum absolute atomic E-state index is 0.0494. The highest BCUT2D eigenvalue weighted by Crippen LogP contribution is 2.25. The molecule has 27 heavy (non-hydrogen) atoms. The molecule has 4 nitrogen and oxygen atoms in total. The van der Waals surface area contributed by atoms with Gasteiger partial charge in [-0.15, -0.1) is 11.8 Å². The van der Waals surface area contributed by atoms with Crippen molar-refractivity contribution in [1.82, 2.24) is 4.90 Å². The first-order valence-electron chi connectivity index (χ1n) is 8.95. The maximum atomic E-state index is 10.2. The van der Waals surface area contributed by atoms with E-state index in [-0.39, 0.29) is 16.7 Å². The fraction of sp³-hybridized carbons (Fsp3) is 0.333. The Morgan fingerprint density at radius 1 is 1.19 bits per heavy atom. The number of thioether (sulfide) groups is 1. The van der Waals surface area contributed by atoms with Crippen LogP contribution in [0.5, 0.6) is 5.75 Å². The number of nitrogens with two attached hydrogens (primary N) is 1. The van der Waals surface area contributed by atoms with Crippen molar-refractivity contribution >= 4 is 34.9 Å². The summed E-state index contributed by atoms with van der Waals surface area (Å²) in [6, 6.07) is 13.3. The molecule has 0 atom stereocenters. The van der Waals surface area contributed by atoms with Gasteiger partial charge in [0.05, 0.1) is 12.1 Å². The second kappa shape index (κ2) is 10.9. The highest BCUT2D eigenvalue weighted by Gasteiger charge is 2.19. The Hall–Kier alpha value is -2.05. The lowest BCUT2D eigenvalue weighted by atomic mass is 9.99. The van der Waals surface area contributed by atoms with Crippen molar-refractivity contribution in [3.05, 3.63) is 59.2 Å². The van der Waals surface area contributed by atoms with E-state index >= 15 is 0 Å². The summed E-state index contributed by atoms with van der Waals surface area (Å²) in [7, 11) is 0. The first kappa shape index (κ1) is 23.0. The Bertz CT molecular complexity index is 773. The van der Waals surface area contributed by atoms with Crippen LogP contribution in [0.4, 0.5) is 0 Å². The van der Waals surface area contributed by atoms with Gasteiger partial charge in [-0.2, -0.15) is 0 Å². The maximum Gasteiger partial charge on any atom is 0.172 e. The van der Waals surface area contributed by atoms with Gasteiger partial charge in [-0.25, -0.2) is 0 Å². The monoisotopic (exact) mass is 403 g/mol. The van der Waals surface area contributed by atoms with Gasteiger partial charge in [0.15, 0.2) is 5.11 Å². The third-order valence-corrected chi connectivity index (χ3v) is 4.94. The molecule has 0 aliphatic heterocycles. The molecule has 2 rings (SSSR count). The molecule has 0 radical (unpaired) electrons. The van der Waals surface area contributed by atoms with E-state index < -0.39 is 0 Å². The lowest BCUT2D eigenvalue weighted by Crippen LogP contribution is -2.40. The van der Waals surface area contributed by atoms with Gasteiger partial charge in [0.2, 0.25) is 0 Å². The zero-order valence-electron chi connectivity index (χ0n) is 16.6. The molecule has 2 aromatic carbocycles. The summed E-state index contributed by atoms with van der Waals surface area (Å²) < 4.78 is 0. The molecule has 146 valence electrons. The summed E-state index contributed by atoms with van der Waals surface area (Å²) in [6.45, 7) is 8.52. The molecule has 0 unspecified atom stereocenters. The molecule has 4 N–H and O–H groups in total. The Morgan fingerprint density at radius 2 is 1.78 bits per heavy atom. The first-order chi connectivity index (χ1) is 12.8. The third kappa shape index (κ3) is 6.26. The molecule has 0 heterocycles. The van der Waals surface area contributed by atoms with Crippen LogP contribution in [0, 0.1) is 5.41 Å². The van der Waals surface area contributed by atoms with Crippen LogP contribution in [0.25, 0.3) is 0 Å². The summed E-state index contributed by atoms with van der Waals surface area (Å²) in [6.07, 6.45) is 2.02. The number of phenolic OH excluding ortho intramolecular Hbond substituents is 1. The molecular formula is C21H29N3OS2. The van der Waals surface area contributed by atoms with E-state index in [1.807, 2.05) is 56.5 Å². The van der Waals surface area contributed by atoms with Gasteiger partial charge in [-0.1, -0.05) is 45.9 Å². The molecule has 0 spiro atoms. The average molecular weight is 404 g/mol. The lowest BCUT2D eigenvalue weighted by Gasteiger charge is -2.24. The average Bonchev–Trinajstić information content (AvgIpc) is 2.67. The standard InChI is InChI=1S/C19H23N3OS2.C2H6/c1-12(2)14-6-9-17(23)16(10-14)18(20)22(19(21)24)11-13-4-7-15(25-3)8-5-13;1-2/h4-10,12,20,23H,11H2,1-3H3,(H2,21,24);1-2H3. The van der Waals surface area contributed by atoms with Gasteiger partial charge in [-0.05, 0) is 59.8 Å². The SMILES string of the molecule is CC.CSc1ccc(CN(C(=N)c2cc(C(C)C)ccc2O)C(N)=S)cc1.